The van der Waals surface area contributed by atoms with Crippen LogP contribution in [0.15, 0.2) is 58.7 Å². The molecule has 2 aromatic rings. The van der Waals surface area contributed by atoms with Gasteiger partial charge in [-0.15, -0.1) is 0 Å². The Labute approximate surface area is 159 Å². The number of allylic oxidation sites excluding steroid dienone is 2. The van der Waals surface area contributed by atoms with E-state index in [1.807, 2.05) is 24.3 Å². The highest BCUT2D eigenvalue weighted by molar-refractivity contribution is 6.02. The van der Waals surface area contributed by atoms with Crippen LogP contribution in [0.1, 0.15) is 43.8 Å². The number of amides is 2. The molecule has 5 nitrogen and oxygen atoms in total. The van der Waals surface area contributed by atoms with Gasteiger partial charge in [0, 0.05) is 12.2 Å². The predicted molar refractivity (Wildman–Crippen MR) is 105 cm³/mol. The number of hydrogen-bond donors (Lipinski definition) is 2. The van der Waals surface area contributed by atoms with Gasteiger partial charge in [-0.1, -0.05) is 37.6 Å². The first-order valence-electron chi connectivity index (χ1n) is 9.15. The molecule has 27 heavy (non-hydrogen) atoms. The van der Waals surface area contributed by atoms with Gasteiger partial charge in [-0.25, -0.2) is 0 Å². The fourth-order valence-electron chi connectivity index (χ4n) is 3.45. The molecule has 1 aromatic carbocycles. The van der Waals surface area contributed by atoms with E-state index >= 15 is 0 Å². The second-order valence-corrected chi connectivity index (χ2v) is 7.91. The lowest BCUT2D eigenvalue weighted by Crippen LogP contribution is -2.26. The SMILES string of the molecule is CC(C)=C[C@H]1[C@H](C(=O)NCc2ccc(NC(=O)c3ccco3)cc2)C1(C)C. The molecule has 0 radical (unpaired) electrons. The van der Waals surface area contributed by atoms with Crippen LogP contribution in [0.5, 0.6) is 0 Å². The van der Waals surface area contributed by atoms with Crippen molar-refractivity contribution >= 4 is 17.5 Å². The Balaban J connectivity index is 1.52. The standard InChI is InChI=1S/C22H26N2O3/c1-14(2)12-17-19(22(17,3)4)21(26)23-13-15-7-9-16(10-8-15)24-20(25)18-6-5-11-27-18/h5-12,17,19H,13H2,1-4H3,(H,23,26)(H,24,25)/t17-,19+/m0/s1. The van der Waals surface area contributed by atoms with Crippen LogP contribution < -0.4 is 10.6 Å². The van der Waals surface area contributed by atoms with Crippen LogP contribution >= 0.6 is 0 Å². The van der Waals surface area contributed by atoms with Crippen LogP contribution in [-0.4, -0.2) is 11.8 Å². The third-order valence-corrected chi connectivity index (χ3v) is 5.13. The fraction of sp³-hybridized carbons (Fsp3) is 0.364. The summed E-state index contributed by atoms with van der Waals surface area (Å²) in [5.74, 6) is 0.408. The number of carbonyl (C=O) groups excluding carboxylic acids is 2. The van der Waals surface area contributed by atoms with E-state index in [4.69, 9.17) is 4.42 Å². The molecule has 2 atom stereocenters. The van der Waals surface area contributed by atoms with Crippen LogP contribution in [0.25, 0.3) is 0 Å². The quantitative estimate of drug-likeness (QED) is 0.745. The van der Waals surface area contributed by atoms with Crippen LogP contribution in [0, 0.1) is 17.3 Å². The minimum Gasteiger partial charge on any atom is -0.459 e. The number of benzene rings is 1. The third kappa shape index (κ3) is 4.30. The van der Waals surface area contributed by atoms with Crippen molar-refractivity contribution in [2.24, 2.45) is 17.3 Å². The second-order valence-electron chi connectivity index (χ2n) is 7.91. The van der Waals surface area contributed by atoms with Gasteiger partial charge in [0.25, 0.3) is 5.91 Å². The summed E-state index contributed by atoms with van der Waals surface area (Å²) in [5, 5.41) is 5.80. The highest BCUT2D eigenvalue weighted by Crippen LogP contribution is 2.59. The third-order valence-electron chi connectivity index (χ3n) is 5.13. The maximum atomic E-state index is 12.5. The number of hydrogen-bond acceptors (Lipinski definition) is 3. The largest absolute Gasteiger partial charge is 0.459 e. The van der Waals surface area contributed by atoms with Crippen LogP contribution in [-0.2, 0) is 11.3 Å². The summed E-state index contributed by atoms with van der Waals surface area (Å²) in [7, 11) is 0. The Bertz CT molecular complexity index is 844. The molecular weight excluding hydrogens is 340 g/mol. The van der Waals surface area contributed by atoms with Crippen LogP contribution in [0.4, 0.5) is 5.69 Å². The van der Waals surface area contributed by atoms with Gasteiger partial charge in [0.1, 0.15) is 0 Å². The summed E-state index contributed by atoms with van der Waals surface area (Å²) in [4.78, 5) is 24.5. The van der Waals surface area contributed by atoms with E-state index in [-0.39, 0.29) is 28.9 Å². The molecule has 0 saturated heterocycles. The Kier molecular flexibility index (Phi) is 5.22. The molecule has 5 heteroatoms. The van der Waals surface area contributed by atoms with Crippen molar-refractivity contribution in [3.8, 4) is 0 Å². The van der Waals surface area contributed by atoms with E-state index in [1.165, 1.54) is 11.8 Å². The van der Waals surface area contributed by atoms with Gasteiger partial charge in [0.05, 0.1) is 12.2 Å². The van der Waals surface area contributed by atoms with Gasteiger partial charge < -0.3 is 15.1 Å². The van der Waals surface area contributed by atoms with E-state index in [0.717, 1.165) is 5.56 Å². The highest BCUT2D eigenvalue weighted by Gasteiger charge is 2.60. The molecule has 1 heterocycles. The van der Waals surface area contributed by atoms with E-state index < -0.39 is 0 Å². The molecule has 1 aromatic heterocycles. The number of rotatable bonds is 6. The lowest BCUT2D eigenvalue weighted by atomic mass is 10.1. The molecule has 1 aliphatic rings. The lowest BCUT2D eigenvalue weighted by molar-refractivity contribution is -0.123. The Morgan fingerprint density at radius 1 is 1.15 bits per heavy atom. The van der Waals surface area contributed by atoms with Crippen molar-refractivity contribution < 1.29 is 14.0 Å². The molecule has 142 valence electrons. The fourth-order valence-corrected chi connectivity index (χ4v) is 3.45. The molecule has 0 unspecified atom stereocenters. The van der Waals surface area contributed by atoms with Gasteiger partial charge in [-0.05, 0) is 55.0 Å². The zero-order valence-electron chi connectivity index (χ0n) is 16.2. The van der Waals surface area contributed by atoms with E-state index in [2.05, 4.69) is 44.4 Å². The number of anilines is 1. The van der Waals surface area contributed by atoms with Crippen molar-refractivity contribution in [1.82, 2.24) is 5.32 Å². The molecule has 1 aliphatic carbocycles. The smallest absolute Gasteiger partial charge is 0.291 e. The van der Waals surface area contributed by atoms with E-state index in [9.17, 15) is 9.59 Å². The normalized spacial score (nSPS) is 19.9. The second kappa shape index (κ2) is 7.43. The first-order valence-corrected chi connectivity index (χ1v) is 9.15. The van der Waals surface area contributed by atoms with Gasteiger partial charge in [-0.3, -0.25) is 9.59 Å². The summed E-state index contributed by atoms with van der Waals surface area (Å²) in [6, 6.07) is 10.7. The molecule has 0 bridgehead atoms. The average molecular weight is 366 g/mol. The first-order chi connectivity index (χ1) is 12.8. The van der Waals surface area contributed by atoms with Gasteiger partial charge in [0.2, 0.25) is 5.91 Å². The zero-order chi connectivity index (χ0) is 19.6. The van der Waals surface area contributed by atoms with Crippen LogP contribution in [0.3, 0.4) is 0 Å². The molecule has 0 aliphatic heterocycles. The maximum absolute atomic E-state index is 12.5. The van der Waals surface area contributed by atoms with Crippen molar-refractivity contribution in [3.05, 3.63) is 65.6 Å². The van der Waals surface area contributed by atoms with Crippen molar-refractivity contribution in [2.45, 2.75) is 34.2 Å². The van der Waals surface area contributed by atoms with Crippen molar-refractivity contribution in [2.75, 3.05) is 5.32 Å². The maximum Gasteiger partial charge on any atom is 0.291 e. The van der Waals surface area contributed by atoms with E-state index in [1.54, 1.807) is 12.1 Å². The number of carbonyl (C=O) groups is 2. The summed E-state index contributed by atoms with van der Waals surface area (Å²) in [5.41, 5.74) is 2.92. The average Bonchev–Trinajstić information content (AvgIpc) is 2.99. The minimum absolute atomic E-state index is 0.0152. The molecule has 2 amide bonds. The summed E-state index contributed by atoms with van der Waals surface area (Å²) >= 11 is 0. The predicted octanol–water partition coefficient (Wildman–Crippen LogP) is 4.39. The number of furan rings is 1. The van der Waals surface area contributed by atoms with Gasteiger partial charge >= 0.3 is 0 Å². The molecule has 2 N–H and O–H groups in total. The minimum atomic E-state index is -0.290. The lowest BCUT2D eigenvalue weighted by Gasteiger charge is -2.08. The summed E-state index contributed by atoms with van der Waals surface area (Å²) < 4.78 is 5.07. The molecule has 1 fully saturated rings. The summed E-state index contributed by atoms with van der Waals surface area (Å²) in [6.45, 7) is 8.88. The van der Waals surface area contributed by atoms with Gasteiger partial charge in [-0.2, -0.15) is 0 Å². The topological polar surface area (TPSA) is 71.3 Å². The Morgan fingerprint density at radius 3 is 2.44 bits per heavy atom. The Morgan fingerprint density at radius 2 is 1.85 bits per heavy atom. The monoisotopic (exact) mass is 366 g/mol. The zero-order valence-corrected chi connectivity index (χ0v) is 16.2. The molecule has 0 spiro atoms. The van der Waals surface area contributed by atoms with Crippen molar-refractivity contribution in [3.63, 3.8) is 0 Å². The highest BCUT2D eigenvalue weighted by atomic mass is 16.3. The van der Waals surface area contributed by atoms with Crippen molar-refractivity contribution in [1.29, 1.82) is 0 Å². The Hall–Kier alpha value is -2.82. The van der Waals surface area contributed by atoms with Crippen LogP contribution in [0.2, 0.25) is 0 Å². The first kappa shape index (κ1) is 19.0. The van der Waals surface area contributed by atoms with Gasteiger partial charge in [0.15, 0.2) is 5.76 Å². The number of nitrogens with one attached hydrogen (secondary N) is 2. The van der Waals surface area contributed by atoms with E-state index in [0.29, 0.717) is 18.2 Å². The molecule has 1 saturated carbocycles. The molecular formula is C22H26N2O3. The summed E-state index contributed by atoms with van der Waals surface area (Å²) in [6.07, 6.45) is 3.66. The molecule has 3 rings (SSSR count).